The summed E-state index contributed by atoms with van der Waals surface area (Å²) in [5.41, 5.74) is 0. The molecule has 106 valence electrons. The van der Waals surface area contributed by atoms with Crippen LogP contribution in [0.4, 0.5) is 0 Å². The Hall–Kier alpha value is -1.13. The summed E-state index contributed by atoms with van der Waals surface area (Å²) in [5, 5.41) is 3.36. The molecule has 2 aromatic carbocycles. The monoisotopic (exact) mass is 285 g/mol. The molecule has 0 heterocycles. The molecule has 0 nitrogen and oxygen atoms in total. The Labute approximate surface area is 124 Å². The minimum Gasteiger partial charge on any atom is -0.0652 e. The van der Waals surface area contributed by atoms with E-state index in [0.29, 0.717) is 5.16 Å². The Kier molecular flexibility index (Phi) is 4.66. The maximum atomic E-state index is 2.51. The van der Waals surface area contributed by atoms with E-state index in [0.717, 1.165) is 0 Å². The molecule has 0 saturated carbocycles. The van der Waals surface area contributed by atoms with Crippen molar-refractivity contribution in [3.63, 3.8) is 0 Å². The molecule has 0 spiro atoms. The molecular weight excluding hydrogens is 259 g/mol. The van der Waals surface area contributed by atoms with Gasteiger partial charge in [-0.3, -0.25) is 0 Å². The van der Waals surface area contributed by atoms with Crippen molar-refractivity contribution in [2.45, 2.75) is 38.8 Å². The minimum absolute atomic E-state index is 0.324. The smallest absolute Gasteiger partial charge is 0.0652 e. The zero-order valence-electron chi connectivity index (χ0n) is 13.1. The second-order valence-electron chi connectivity index (χ2n) is 6.24. The van der Waals surface area contributed by atoms with Gasteiger partial charge in [0.2, 0.25) is 0 Å². The highest BCUT2D eigenvalue weighted by Crippen LogP contribution is 2.65. The molecule has 0 N–H and O–H groups in total. The van der Waals surface area contributed by atoms with E-state index in [1.165, 1.54) is 23.5 Å². The van der Waals surface area contributed by atoms with E-state index < -0.39 is 7.26 Å². The van der Waals surface area contributed by atoms with Crippen LogP contribution in [0.25, 0.3) is 0 Å². The SMILES string of the molecule is CCCC(C)(C)[P+](C)(c1ccccc1)c1ccccc1. The van der Waals surface area contributed by atoms with Crippen molar-refractivity contribution in [3.8, 4) is 0 Å². The molecule has 0 aromatic heterocycles. The van der Waals surface area contributed by atoms with Gasteiger partial charge in [-0.2, -0.15) is 0 Å². The highest BCUT2D eigenvalue weighted by molar-refractivity contribution is 7.90. The lowest BCUT2D eigenvalue weighted by Gasteiger charge is -2.38. The highest BCUT2D eigenvalue weighted by Gasteiger charge is 2.50. The van der Waals surface area contributed by atoms with Gasteiger partial charge in [-0.1, -0.05) is 49.7 Å². The van der Waals surface area contributed by atoms with Gasteiger partial charge >= 0.3 is 0 Å². The fourth-order valence-electron chi connectivity index (χ4n) is 3.14. The van der Waals surface area contributed by atoms with E-state index >= 15 is 0 Å². The Morgan fingerprint density at radius 2 is 1.20 bits per heavy atom. The molecule has 0 atom stereocenters. The summed E-state index contributed by atoms with van der Waals surface area (Å²) < 4.78 is 0. The first-order valence-electron chi connectivity index (χ1n) is 7.50. The first-order chi connectivity index (χ1) is 9.52. The van der Waals surface area contributed by atoms with E-state index in [1.54, 1.807) is 0 Å². The second-order valence-corrected chi connectivity index (χ2v) is 10.5. The van der Waals surface area contributed by atoms with Crippen molar-refractivity contribution in [3.05, 3.63) is 60.7 Å². The third-order valence-corrected chi connectivity index (χ3v) is 9.92. The quantitative estimate of drug-likeness (QED) is 0.688. The number of hydrogen-bond donors (Lipinski definition) is 0. The van der Waals surface area contributed by atoms with Crippen molar-refractivity contribution in [1.82, 2.24) is 0 Å². The molecule has 0 saturated heterocycles. The van der Waals surface area contributed by atoms with Crippen molar-refractivity contribution < 1.29 is 0 Å². The van der Waals surface area contributed by atoms with Gasteiger partial charge in [-0.15, -0.1) is 0 Å². The molecule has 20 heavy (non-hydrogen) atoms. The maximum absolute atomic E-state index is 2.51. The average Bonchev–Trinajstić information content (AvgIpc) is 2.48. The summed E-state index contributed by atoms with van der Waals surface area (Å²) in [4.78, 5) is 0. The van der Waals surface area contributed by atoms with Crippen LogP contribution in [0.2, 0.25) is 0 Å². The predicted octanol–water partition coefficient (Wildman–Crippen LogP) is 4.86. The van der Waals surface area contributed by atoms with Gasteiger partial charge in [0.15, 0.2) is 0 Å². The van der Waals surface area contributed by atoms with Gasteiger partial charge in [-0.05, 0) is 44.5 Å². The molecule has 0 unspecified atom stereocenters. The summed E-state index contributed by atoms with van der Waals surface area (Å²) in [5.74, 6) is 0. The number of hydrogen-bond acceptors (Lipinski definition) is 0. The number of rotatable bonds is 5. The molecule has 0 bridgehead atoms. The Balaban J connectivity index is 2.61. The molecular formula is C19H26P+. The van der Waals surface area contributed by atoms with Gasteiger partial charge < -0.3 is 0 Å². The van der Waals surface area contributed by atoms with Crippen LogP contribution in [0.3, 0.4) is 0 Å². The van der Waals surface area contributed by atoms with E-state index in [-0.39, 0.29) is 0 Å². The third kappa shape index (κ3) is 2.67. The van der Waals surface area contributed by atoms with Gasteiger partial charge in [0.25, 0.3) is 0 Å². The minimum atomic E-state index is -1.39. The lowest BCUT2D eigenvalue weighted by molar-refractivity contribution is 0.614. The van der Waals surface area contributed by atoms with E-state index in [4.69, 9.17) is 0 Å². The van der Waals surface area contributed by atoms with E-state index in [2.05, 4.69) is 88.1 Å². The zero-order valence-corrected chi connectivity index (χ0v) is 14.0. The van der Waals surface area contributed by atoms with Crippen LogP contribution in [0.1, 0.15) is 33.6 Å². The lowest BCUT2D eigenvalue weighted by atomic mass is 10.1. The summed E-state index contributed by atoms with van der Waals surface area (Å²) >= 11 is 0. The maximum Gasteiger partial charge on any atom is 0.0994 e. The van der Waals surface area contributed by atoms with E-state index in [1.807, 2.05) is 0 Å². The van der Waals surface area contributed by atoms with Gasteiger partial charge in [0.1, 0.15) is 0 Å². The Morgan fingerprint density at radius 3 is 1.55 bits per heavy atom. The molecule has 0 aliphatic carbocycles. The lowest BCUT2D eigenvalue weighted by Crippen LogP contribution is -2.37. The molecule has 2 aromatic rings. The van der Waals surface area contributed by atoms with Crippen molar-refractivity contribution in [2.75, 3.05) is 6.66 Å². The van der Waals surface area contributed by atoms with Crippen molar-refractivity contribution in [1.29, 1.82) is 0 Å². The summed E-state index contributed by atoms with van der Waals surface area (Å²) in [6.45, 7) is 9.70. The van der Waals surface area contributed by atoms with Crippen LogP contribution < -0.4 is 10.6 Å². The second kappa shape index (κ2) is 6.10. The fourth-order valence-corrected chi connectivity index (χ4v) is 7.04. The van der Waals surface area contributed by atoms with Crippen LogP contribution >= 0.6 is 7.26 Å². The first-order valence-corrected chi connectivity index (χ1v) is 9.74. The Bertz CT molecular complexity index is 489. The van der Waals surface area contributed by atoms with Gasteiger partial charge in [0, 0.05) is 0 Å². The summed E-state index contributed by atoms with van der Waals surface area (Å²) in [6.07, 6.45) is 2.50. The average molecular weight is 285 g/mol. The molecule has 1 heteroatoms. The third-order valence-electron chi connectivity index (χ3n) is 4.62. The van der Waals surface area contributed by atoms with Crippen molar-refractivity contribution >= 4 is 17.9 Å². The normalized spacial score (nSPS) is 12.4. The fraction of sp³-hybridized carbons (Fsp3) is 0.368. The first kappa shape index (κ1) is 15.3. The molecule has 0 aliphatic heterocycles. The molecule has 0 fully saturated rings. The highest BCUT2D eigenvalue weighted by atomic mass is 31.2. The van der Waals surface area contributed by atoms with Crippen LogP contribution in [-0.4, -0.2) is 11.8 Å². The van der Waals surface area contributed by atoms with Gasteiger partial charge in [0.05, 0.1) is 29.7 Å². The van der Waals surface area contributed by atoms with Gasteiger partial charge in [-0.25, -0.2) is 0 Å². The van der Waals surface area contributed by atoms with Crippen LogP contribution in [-0.2, 0) is 0 Å². The molecule has 0 radical (unpaired) electrons. The summed E-state index contributed by atoms with van der Waals surface area (Å²) in [6, 6.07) is 22.2. The standard InChI is InChI=1S/C19H26P/c1-5-16-19(2,3)20(4,17-12-8-6-9-13-17)18-14-10-7-11-15-18/h6-15H,5,16H2,1-4H3/q+1. The van der Waals surface area contributed by atoms with Crippen molar-refractivity contribution in [2.24, 2.45) is 0 Å². The molecule has 0 aliphatic rings. The topological polar surface area (TPSA) is 0 Å². The molecule has 2 rings (SSSR count). The summed E-state index contributed by atoms with van der Waals surface area (Å²) in [7, 11) is -1.39. The molecule has 0 amide bonds. The zero-order chi connectivity index (χ0) is 14.6. The van der Waals surface area contributed by atoms with Crippen LogP contribution in [0.15, 0.2) is 60.7 Å². The Morgan fingerprint density at radius 1 is 0.800 bits per heavy atom. The number of benzene rings is 2. The predicted molar refractivity (Wildman–Crippen MR) is 94.0 cm³/mol. The van der Waals surface area contributed by atoms with Crippen LogP contribution in [0.5, 0.6) is 0 Å². The largest absolute Gasteiger partial charge is 0.0994 e. The van der Waals surface area contributed by atoms with E-state index in [9.17, 15) is 0 Å². The van der Waals surface area contributed by atoms with Crippen LogP contribution in [0, 0.1) is 0 Å².